The predicted octanol–water partition coefficient (Wildman–Crippen LogP) is 5.45. The maximum absolute atomic E-state index is 12.0. The van der Waals surface area contributed by atoms with Crippen LogP contribution < -0.4 is 0 Å². The van der Waals surface area contributed by atoms with Crippen molar-refractivity contribution in [2.45, 2.75) is 79.2 Å². The summed E-state index contributed by atoms with van der Waals surface area (Å²) in [4.78, 5) is 12.0. The van der Waals surface area contributed by atoms with Gasteiger partial charge in [0.25, 0.3) is 0 Å². The van der Waals surface area contributed by atoms with Crippen LogP contribution in [-0.2, 0) is 14.1 Å². The minimum absolute atomic E-state index is 0.0933. The van der Waals surface area contributed by atoms with Crippen LogP contribution in [0.2, 0.25) is 0 Å². The summed E-state index contributed by atoms with van der Waals surface area (Å²) in [6.07, 6.45) is 11.2. The molecule has 0 aromatic rings. The molecule has 4 heteroatoms. The van der Waals surface area contributed by atoms with E-state index in [0.717, 1.165) is 63.2 Å². The first-order chi connectivity index (χ1) is 10.4. The van der Waals surface area contributed by atoms with Crippen molar-refractivity contribution in [1.29, 1.82) is 0 Å². The molecule has 0 aromatic heterocycles. The summed E-state index contributed by atoms with van der Waals surface area (Å²) in [6.45, 7) is 7.85. The number of methoxy groups -OCH3 is 1. The predicted molar refractivity (Wildman–Crippen MR) is 99.3 cm³/mol. The van der Waals surface area contributed by atoms with Crippen molar-refractivity contribution >= 4 is 12.8 Å². The van der Waals surface area contributed by atoms with Crippen LogP contribution in [0.3, 0.4) is 0 Å². The number of unbranched alkanes of at least 4 members (excludes halogenated alkanes) is 3. The van der Waals surface area contributed by atoms with Crippen molar-refractivity contribution in [2.75, 3.05) is 31.8 Å². The van der Waals surface area contributed by atoms with Gasteiger partial charge >= 0.3 is 138 Å². The Bertz CT molecular complexity index is 293. The molecule has 0 aromatic carbocycles. The van der Waals surface area contributed by atoms with Gasteiger partial charge in [-0.25, -0.2) is 0 Å². The number of hydrogen-bond acceptors (Lipinski definition) is 3. The van der Waals surface area contributed by atoms with Crippen molar-refractivity contribution < 1.29 is 14.1 Å². The number of carbonyl (C=O) groups excluding carboxylic acids is 1. The van der Waals surface area contributed by atoms with Crippen LogP contribution in [0, 0.1) is 0 Å². The van der Waals surface area contributed by atoms with E-state index in [1.54, 1.807) is 14.0 Å². The second kappa shape index (κ2) is 10.6. The first kappa shape index (κ1) is 21.9. The molecule has 0 rings (SSSR count). The fourth-order valence-corrected chi connectivity index (χ4v) is 10.6. The van der Waals surface area contributed by atoms with Crippen LogP contribution in [-0.4, -0.2) is 43.8 Å². The maximum atomic E-state index is 12.0. The average molecular weight is 334 g/mol. The Hall–Kier alpha value is -0.140. The van der Waals surface area contributed by atoms with E-state index in [1.807, 2.05) is 0 Å². The standard InChI is InChI=1S/C18H39O3P/c1-7-10-13-22(14-11-8-2,15-12-9-3,21-18(5)19)16-17(4)20-6/h17H,7-16H2,1-6H3. The van der Waals surface area contributed by atoms with Gasteiger partial charge in [-0.15, -0.1) is 0 Å². The van der Waals surface area contributed by atoms with E-state index in [2.05, 4.69) is 27.7 Å². The molecule has 0 aliphatic heterocycles. The summed E-state index contributed by atoms with van der Waals surface area (Å²) >= 11 is 0. The third-order valence-electron chi connectivity index (χ3n) is 4.74. The fraction of sp³-hybridized carbons (Fsp3) is 0.944. The molecule has 134 valence electrons. The Morgan fingerprint density at radius 3 is 1.64 bits per heavy atom. The topological polar surface area (TPSA) is 35.5 Å². The van der Waals surface area contributed by atoms with Gasteiger partial charge in [-0.05, 0) is 0 Å². The molecule has 0 radical (unpaired) electrons. The third-order valence-corrected chi connectivity index (χ3v) is 11.3. The molecule has 0 saturated carbocycles. The third kappa shape index (κ3) is 6.96. The Morgan fingerprint density at radius 1 is 0.955 bits per heavy atom. The van der Waals surface area contributed by atoms with E-state index in [0.29, 0.717) is 0 Å². The van der Waals surface area contributed by atoms with Gasteiger partial charge < -0.3 is 0 Å². The Kier molecular flexibility index (Phi) is 10.5. The van der Waals surface area contributed by atoms with Gasteiger partial charge in [0.15, 0.2) is 0 Å². The zero-order valence-corrected chi connectivity index (χ0v) is 16.7. The summed E-state index contributed by atoms with van der Waals surface area (Å²) in [5, 5.41) is 0. The molecule has 22 heavy (non-hydrogen) atoms. The van der Waals surface area contributed by atoms with Crippen molar-refractivity contribution in [2.24, 2.45) is 0 Å². The Morgan fingerprint density at radius 2 is 1.36 bits per heavy atom. The molecule has 1 unspecified atom stereocenters. The molecular weight excluding hydrogens is 295 g/mol. The number of ether oxygens (including phenoxy) is 1. The molecule has 0 N–H and O–H groups in total. The Balaban J connectivity index is 5.70. The van der Waals surface area contributed by atoms with E-state index >= 15 is 0 Å². The zero-order valence-electron chi connectivity index (χ0n) is 15.8. The summed E-state index contributed by atoms with van der Waals surface area (Å²) < 4.78 is 11.9. The molecule has 0 bridgehead atoms. The van der Waals surface area contributed by atoms with E-state index in [9.17, 15) is 4.79 Å². The van der Waals surface area contributed by atoms with Crippen LogP contribution >= 0.6 is 6.83 Å². The molecule has 0 heterocycles. The molecule has 1 atom stereocenters. The van der Waals surface area contributed by atoms with Crippen molar-refractivity contribution in [1.82, 2.24) is 0 Å². The molecule has 0 aliphatic carbocycles. The van der Waals surface area contributed by atoms with Crippen LogP contribution in [0.15, 0.2) is 0 Å². The molecule has 3 nitrogen and oxygen atoms in total. The van der Waals surface area contributed by atoms with E-state index < -0.39 is 6.83 Å². The minimum atomic E-state index is -2.52. The average Bonchev–Trinajstić information content (AvgIpc) is 2.49. The van der Waals surface area contributed by atoms with Gasteiger partial charge in [0, 0.05) is 0 Å². The summed E-state index contributed by atoms with van der Waals surface area (Å²) in [6, 6.07) is 0. The SMILES string of the molecule is CCCCP(CCCC)(CCCC)(CC(C)OC)OC(C)=O. The van der Waals surface area contributed by atoms with Crippen molar-refractivity contribution in [3.63, 3.8) is 0 Å². The Labute approximate surface area is 138 Å². The van der Waals surface area contributed by atoms with Gasteiger partial charge in [0.05, 0.1) is 0 Å². The van der Waals surface area contributed by atoms with Gasteiger partial charge in [0.2, 0.25) is 0 Å². The van der Waals surface area contributed by atoms with Crippen LogP contribution in [0.25, 0.3) is 0 Å². The van der Waals surface area contributed by atoms with Crippen LogP contribution in [0.1, 0.15) is 73.1 Å². The summed E-state index contributed by atoms with van der Waals surface area (Å²) in [7, 11) is 1.77. The summed E-state index contributed by atoms with van der Waals surface area (Å²) in [5.74, 6) is -0.0933. The quantitative estimate of drug-likeness (QED) is 0.420. The number of carbonyl (C=O) groups is 1. The van der Waals surface area contributed by atoms with Gasteiger partial charge in [-0.2, -0.15) is 0 Å². The van der Waals surface area contributed by atoms with Gasteiger partial charge in [-0.1, -0.05) is 0 Å². The van der Waals surface area contributed by atoms with E-state index in [-0.39, 0.29) is 12.1 Å². The second-order valence-electron chi connectivity index (χ2n) is 6.90. The van der Waals surface area contributed by atoms with Crippen molar-refractivity contribution in [3.05, 3.63) is 0 Å². The molecule has 0 aliphatic rings. The second-order valence-corrected chi connectivity index (χ2v) is 12.5. The summed E-state index contributed by atoms with van der Waals surface area (Å²) in [5.41, 5.74) is 0. The van der Waals surface area contributed by atoms with Gasteiger partial charge in [0.1, 0.15) is 0 Å². The van der Waals surface area contributed by atoms with Crippen LogP contribution in [0.5, 0.6) is 0 Å². The number of hydrogen-bond donors (Lipinski definition) is 0. The molecule has 0 amide bonds. The van der Waals surface area contributed by atoms with Crippen LogP contribution in [0.4, 0.5) is 0 Å². The van der Waals surface area contributed by atoms with E-state index in [4.69, 9.17) is 9.26 Å². The molecular formula is C18H39O3P. The number of rotatable bonds is 13. The first-order valence-corrected chi connectivity index (χ1v) is 12.0. The van der Waals surface area contributed by atoms with Crippen molar-refractivity contribution in [3.8, 4) is 0 Å². The van der Waals surface area contributed by atoms with E-state index in [1.165, 1.54) is 0 Å². The fourth-order valence-electron chi connectivity index (χ4n) is 3.55. The molecule has 0 fully saturated rings. The first-order valence-electron chi connectivity index (χ1n) is 9.11. The van der Waals surface area contributed by atoms with Gasteiger partial charge in [-0.3, -0.25) is 0 Å². The molecule has 0 spiro atoms. The monoisotopic (exact) mass is 334 g/mol. The molecule has 0 saturated heterocycles. The zero-order chi connectivity index (χ0) is 17.1. The normalized spacial score (nSPS) is 15.1.